The van der Waals surface area contributed by atoms with E-state index >= 15 is 0 Å². The summed E-state index contributed by atoms with van der Waals surface area (Å²) in [5.41, 5.74) is -0.0309. The molecule has 0 fully saturated rings. The first kappa shape index (κ1) is 18.9. The molecular weight excluding hydrogens is 352 g/mol. The average molecular weight is 369 g/mol. The first-order chi connectivity index (χ1) is 11.8. The molecule has 134 valence electrons. The molecule has 6 nitrogen and oxygen atoms in total. The maximum Gasteiger partial charge on any atom is 0.225 e. The number of nitrogens with zero attached hydrogens (tertiary/aromatic N) is 2. The molecule has 25 heavy (non-hydrogen) atoms. The van der Waals surface area contributed by atoms with Crippen molar-refractivity contribution in [3.8, 4) is 0 Å². The van der Waals surface area contributed by atoms with Crippen molar-refractivity contribution in [3.05, 3.63) is 59.9 Å². The number of hydrogen-bond donors (Lipinski definition) is 1. The van der Waals surface area contributed by atoms with Gasteiger partial charge in [0.15, 0.2) is 0 Å². The summed E-state index contributed by atoms with van der Waals surface area (Å²) >= 11 is 0. The molecule has 0 saturated carbocycles. The molecule has 1 heterocycles. The highest BCUT2D eigenvalue weighted by Gasteiger charge is 2.20. The van der Waals surface area contributed by atoms with Gasteiger partial charge < -0.3 is 5.32 Å². The Labute approximate surface area is 144 Å². The van der Waals surface area contributed by atoms with Crippen LogP contribution in [0.2, 0.25) is 0 Å². The first-order valence-corrected chi connectivity index (χ1v) is 9.21. The van der Waals surface area contributed by atoms with Crippen molar-refractivity contribution in [2.45, 2.75) is 13.0 Å². The van der Waals surface area contributed by atoms with Crippen LogP contribution >= 0.6 is 0 Å². The highest BCUT2D eigenvalue weighted by atomic mass is 32.2. The van der Waals surface area contributed by atoms with Crippen molar-refractivity contribution in [2.75, 3.05) is 18.1 Å². The van der Waals surface area contributed by atoms with Crippen LogP contribution in [-0.2, 0) is 21.4 Å². The summed E-state index contributed by atoms with van der Waals surface area (Å²) in [7, 11) is -3.58. The molecule has 2 rings (SSSR count). The lowest BCUT2D eigenvalue weighted by Crippen LogP contribution is -2.33. The molecule has 1 amide bonds. The van der Waals surface area contributed by atoms with Crippen LogP contribution in [0.4, 0.5) is 14.5 Å². The van der Waals surface area contributed by atoms with E-state index in [1.165, 1.54) is 12.3 Å². The summed E-state index contributed by atoms with van der Waals surface area (Å²) in [6, 6.07) is 8.29. The van der Waals surface area contributed by atoms with Crippen LogP contribution in [-0.4, -0.2) is 36.4 Å². The van der Waals surface area contributed by atoms with E-state index in [9.17, 15) is 22.0 Å². The maximum absolute atomic E-state index is 13.5. The summed E-state index contributed by atoms with van der Waals surface area (Å²) in [6.07, 6.45) is 2.29. The van der Waals surface area contributed by atoms with Gasteiger partial charge in [0.2, 0.25) is 15.9 Å². The molecule has 1 N–H and O–H groups in total. The quantitative estimate of drug-likeness (QED) is 0.811. The summed E-state index contributed by atoms with van der Waals surface area (Å²) in [5.74, 6) is -2.50. The van der Waals surface area contributed by atoms with Gasteiger partial charge in [-0.1, -0.05) is 12.1 Å². The van der Waals surface area contributed by atoms with Crippen LogP contribution in [0.3, 0.4) is 0 Å². The van der Waals surface area contributed by atoms with Gasteiger partial charge in [0.25, 0.3) is 0 Å². The summed E-state index contributed by atoms with van der Waals surface area (Å²) < 4.78 is 51.8. The van der Waals surface area contributed by atoms with Crippen LogP contribution in [0, 0.1) is 11.6 Å². The zero-order chi connectivity index (χ0) is 18.4. The normalized spacial score (nSPS) is 11.5. The van der Waals surface area contributed by atoms with Gasteiger partial charge >= 0.3 is 0 Å². The highest BCUT2D eigenvalue weighted by Crippen LogP contribution is 2.18. The van der Waals surface area contributed by atoms with E-state index in [-0.39, 0.29) is 19.5 Å². The Kier molecular flexibility index (Phi) is 6.16. The van der Waals surface area contributed by atoms with E-state index in [1.54, 1.807) is 18.2 Å². The van der Waals surface area contributed by atoms with Crippen LogP contribution in [0.25, 0.3) is 0 Å². The number of benzene rings is 1. The number of aromatic nitrogens is 1. The van der Waals surface area contributed by atoms with Crippen molar-refractivity contribution in [3.63, 3.8) is 0 Å². The van der Waals surface area contributed by atoms with E-state index < -0.39 is 33.3 Å². The molecule has 0 aliphatic carbocycles. The smallest absolute Gasteiger partial charge is 0.225 e. The number of nitrogens with one attached hydrogen (secondary N) is 1. The Morgan fingerprint density at radius 1 is 1.16 bits per heavy atom. The molecule has 0 unspecified atom stereocenters. The second-order valence-electron chi connectivity index (χ2n) is 5.31. The third-order valence-corrected chi connectivity index (χ3v) is 4.60. The van der Waals surface area contributed by atoms with Gasteiger partial charge in [0, 0.05) is 19.2 Å². The number of amides is 1. The topological polar surface area (TPSA) is 79.4 Å². The minimum absolute atomic E-state index is 0.00100. The Hall–Kier alpha value is -2.39. The fourth-order valence-corrected chi connectivity index (χ4v) is 2.87. The Balaban J connectivity index is 2.02. The monoisotopic (exact) mass is 369 g/mol. The number of anilines is 1. The molecule has 2 aromatic rings. The van der Waals surface area contributed by atoms with Crippen molar-refractivity contribution in [1.82, 2.24) is 9.29 Å². The average Bonchev–Trinajstić information content (AvgIpc) is 2.55. The SMILES string of the molecule is CS(=O)(=O)N(CCC(=O)Nc1c(F)cccc1F)Cc1ccccn1. The van der Waals surface area contributed by atoms with Crippen molar-refractivity contribution >= 4 is 21.6 Å². The third-order valence-electron chi connectivity index (χ3n) is 3.35. The minimum Gasteiger partial charge on any atom is -0.321 e. The molecule has 0 aliphatic heterocycles. The summed E-state index contributed by atoms with van der Waals surface area (Å²) in [4.78, 5) is 16.0. The Morgan fingerprint density at radius 3 is 2.40 bits per heavy atom. The van der Waals surface area contributed by atoms with Crippen molar-refractivity contribution < 1.29 is 22.0 Å². The number of halogens is 2. The predicted octanol–water partition coefficient (Wildman–Crippen LogP) is 2.15. The number of carbonyl (C=O) groups is 1. The lowest BCUT2D eigenvalue weighted by atomic mass is 10.2. The fourth-order valence-electron chi connectivity index (χ4n) is 2.08. The van der Waals surface area contributed by atoms with Crippen LogP contribution in [0.15, 0.2) is 42.6 Å². The molecular formula is C16H17F2N3O3S. The lowest BCUT2D eigenvalue weighted by Gasteiger charge is -2.19. The van der Waals surface area contributed by atoms with Gasteiger partial charge in [0.1, 0.15) is 17.3 Å². The molecule has 0 bridgehead atoms. The zero-order valence-electron chi connectivity index (χ0n) is 13.4. The Morgan fingerprint density at radius 2 is 1.84 bits per heavy atom. The van der Waals surface area contributed by atoms with Crippen LogP contribution in [0.5, 0.6) is 0 Å². The maximum atomic E-state index is 13.5. The fraction of sp³-hybridized carbons (Fsp3) is 0.250. The van der Waals surface area contributed by atoms with Gasteiger partial charge in [-0.05, 0) is 24.3 Å². The number of hydrogen-bond acceptors (Lipinski definition) is 4. The standard InChI is InChI=1S/C16H17F2N3O3S/c1-25(23,24)21(11-12-5-2-3-9-19-12)10-8-15(22)20-16-13(17)6-4-7-14(16)18/h2-7,9H,8,10-11H2,1H3,(H,20,22). The third kappa shape index (κ3) is 5.57. The minimum atomic E-state index is -3.58. The molecule has 0 radical (unpaired) electrons. The number of sulfonamides is 1. The zero-order valence-corrected chi connectivity index (χ0v) is 14.3. The van der Waals surface area contributed by atoms with E-state index in [0.717, 1.165) is 22.7 Å². The molecule has 1 aromatic heterocycles. The van der Waals surface area contributed by atoms with Crippen LogP contribution in [0.1, 0.15) is 12.1 Å². The second kappa shape index (κ2) is 8.13. The largest absolute Gasteiger partial charge is 0.321 e. The van der Waals surface area contributed by atoms with E-state index in [1.807, 2.05) is 0 Å². The predicted molar refractivity (Wildman–Crippen MR) is 89.1 cm³/mol. The van der Waals surface area contributed by atoms with E-state index in [0.29, 0.717) is 5.69 Å². The molecule has 9 heteroatoms. The van der Waals surface area contributed by atoms with Crippen molar-refractivity contribution in [1.29, 1.82) is 0 Å². The van der Waals surface area contributed by atoms with Crippen molar-refractivity contribution in [2.24, 2.45) is 0 Å². The number of rotatable bonds is 7. The second-order valence-corrected chi connectivity index (χ2v) is 7.29. The summed E-state index contributed by atoms with van der Waals surface area (Å²) in [5, 5.41) is 2.12. The van der Waals surface area contributed by atoms with Gasteiger partial charge in [-0.3, -0.25) is 9.78 Å². The molecule has 1 aromatic carbocycles. The van der Waals surface area contributed by atoms with Gasteiger partial charge in [-0.2, -0.15) is 4.31 Å². The van der Waals surface area contributed by atoms with E-state index in [4.69, 9.17) is 0 Å². The highest BCUT2D eigenvalue weighted by molar-refractivity contribution is 7.88. The number of para-hydroxylation sites is 1. The number of pyridine rings is 1. The summed E-state index contributed by atoms with van der Waals surface area (Å²) in [6.45, 7) is -0.141. The van der Waals surface area contributed by atoms with Gasteiger partial charge in [-0.15, -0.1) is 0 Å². The number of carbonyl (C=O) groups excluding carboxylic acids is 1. The van der Waals surface area contributed by atoms with Gasteiger partial charge in [0.05, 0.1) is 18.5 Å². The first-order valence-electron chi connectivity index (χ1n) is 7.36. The van der Waals surface area contributed by atoms with Gasteiger partial charge in [-0.25, -0.2) is 17.2 Å². The molecule has 0 spiro atoms. The lowest BCUT2D eigenvalue weighted by molar-refractivity contribution is -0.116. The van der Waals surface area contributed by atoms with E-state index in [2.05, 4.69) is 10.3 Å². The molecule has 0 aliphatic rings. The molecule has 0 atom stereocenters. The van der Waals surface area contributed by atoms with Crippen LogP contribution < -0.4 is 5.32 Å². The Bertz CT molecular complexity index is 825. The molecule has 0 saturated heterocycles.